The standard InChI is InChI=1S/C31H25BrCl2FN3OS/c1-16-10-17(2)21(11-18(16)15-40-28-13-20(33)7-8-23(28)34)29-22(14-36)31(37)38(25-9-6-19(32)12-24(25)35)26-4-3-5-27(39)30(26)29/h6-13,29H,3-5,15,37H2,1-2H3. The van der Waals surface area contributed by atoms with E-state index in [1.54, 1.807) is 40.9 Å². The summed E-state index contributed by atoms with van der Waals surface area (Å²) in [6, 6.07) is 16.5. The van der Waals surface area contributed by atoms with Gasteiger partial charge in [-0.15, -0.1) is 11.8 Å². The summed E-state index contributed by atoms with van der Waals surface area (Å²) in [4.78, 5) is 16.0. The van der Waals surface area contributed by atoms with Gasteiger partial charge in [0.15, 0.2) is 5.78 Å². The molecule has 204 valence electrons. The van der Waals surface area contributed by atoms with Crippen molar-refractivity contribution in [2.45, 2.75) is 49.7 Å². The SMILES string of the molecule is Cc1cc(C)c(C2C(C#N)=C(N)N(c3ccc(Br)cc3F)C3=C2C(=O)CCC3)cc1CSc1cc(Cl)ccc1Cl. The molecular formula is C31H25BrCl2FN3OS. The number of nitriles is 1. The molecule has 2 N–H and O–H groups in total. The Morgan fingerprint density at radius 2 is 1.90 bits per heavy atom. The summed E-state index contributed by atoms with van der Waals surface area (Å²) in [6.45, 7) is 4.02. The number of benzene rings is 3. The minimum atomic E-state index is -0.637. The van der Waals surface area contributed by atoms with Crippen molar-refractivity contribution in [1.29, 1.82) is 5.26 Å². The summed E-state index contributed by atoms with van der Waals surface area (Å²) < 4.78 is 15.8. The smallest absolute Gasteiger partial charge is 0.161 e. The van der Waals surface area contributed by atoms with Gasteiger partial charge >= 0.3 is 0 Å². The number of ketones is 1. The third-order valence-electron chi connectivity index (χ3n) is 7.38. The van der Waals surface area contributed by atoms with Gasteiger partial charge in [0.2, 0.25) is 0 Å². The highest BCUT2D eigenvalue weighted by Gasteiger charge is 2.41. The second-order valence-corrected chi connectivity index (χ2v) is 12.7. The Labute approximate surface area is 255 Å². The van der Waals surface area contributed by atoms with Gasteiger partial charge in [0, 0.05) is 37.8 Å². The molecular weight excluding hydrogens is 632 g/mol. The number of carbonyl (C=O) groups is 1. The molecule has 0 saturated heterocycles. The van der Waals surface area contributed by atoms with Crippen molar-refractivity contribution >= 4 is 62.4 Å². The van der Waals surface area contributed by atoms with Crippen LogP contribution in [0, 0.1) is 31.0 Å². The van der Waals surface area contributed by atoms with Crippen molar-refractivity contribution in [3.05, 3.63) is 114 Å². The normalized spacial score (nSPS) is 17.3. The van der Waals surface area contributed by atoms with Crippen LogP contribution in [0.4, 0.5) is 10.1 Å². The minimum Gasteiger partial charge on any atom is -0.384 e. The lowest BCUT2D eigenvalue weighted by Crippen LogP contribution is -2.39. The van der Waals surface area contributed by atoms with E-state index in [4.69, 9.17) is 28.9 Å². The Morgan fingerprint density at radius 1 is 1.12 bits per heavy atom. The monoisotopic (exact) mass is 655 g/mol. The van der Waals surface area contributed by atoms with E-state index in [-0.39, 0.29) is 22.9 Å². The number of carbonyl (C=O) groups excluding carboxylic acids is 1. The van der Waals surface area contributed by atoms with Crippen molar-refractivity contribution in [2.75, 3.05) is 4.90 Å². The highest BCUT2D eigenvalue weighted by molar-refractivity contribution is 9.10. The summed E-state index contributed by atoms with van der Waals surface area (Å²) in [5.41, 5.74) is 12.2. The predicted octanol–water partition coefficient (Wildman–Crippen LogP) is 9.11. The van der Waals surface area contributed by atoms with Gasteiger partial charge in [-0.25, -0.2) is 4.39 Å². The van der Waals surface area contributed by atoms with Crippen LogP contribution in [0.25, 0.3) is 0 Å². The largest absolute Gasteiger partial charge is 0.384 e. The molecule has 0 fully saturated rings. The topological polar surface area (TPSA) is 70.1 Å². The molecule has 5 rings (SSSR count). The maximum atomic E-state index is 15.2. The van der Waals surface area contributed by atoms with Crippen LogP contribution in [0.3, 0.4) is 0 Å². The Morgan fingerprint density at radius 3 is 2.62 bits per heavy atom. The molecule has 3 aromatic rings. The summed E-state index contributed by atoms with van der Waals surface area (Å²) >= 11 is 17.5. The summed E-state index contributed by atoms with van der Waals surface area (Å²) in [6.07, 6.45) is 1.54. The molecule has 1 aliphatic heterocycles. The number of hydrogen-bond donors (Lipinski definition) is 1. The number of hydrogen-bond acceptors (Lipinski definition) is 5. The first-order valence-corrected chi connectivity index (χ1v) is 15.2. The number of allylic oxidation sites excluding steroid dienone is 3. The van der Waals surface area contributed by atoms with Crippen LogP contribution in [0.1, 0.15) is 47.4 Å². The summed E-state index contributed by atoms with van der Waals surface area (Å²) in [5, 5.41) is 11.6. The van der Waals surface area contributed by atoms with Gasteiger partial charge in [-0.1, -0.05) is 51.3 Å². The van der Waals surface area contributed by atoms with Crippen LogP contribution in [-0.4, -0.2) is 5.78 Å². The van der Waals surface area contributed by atoms with E-state index in [0.717, 1.165) is 27.1 Å². The van der Waals surface area contributed by atoms with E-state index >= 15 is 4.39 Å². The van der Waals surface area contributed by atoms with Crippen LogP contribution in [0.5, 0.6) is 0 Å². The number of halogens is 4. The molecule has 3 aromatic carbocycles. The number of Topliss-reactive ketones (excluding diaryl/α,β-unsaturated/α-hetero) is 1. The molecule has 1 atom stereocenters. The molecule has 40 heavy (non-hydrogen) atoms. The average molecular weight is 657 g/mol. The fraction of sp³-hybridized carbons (Fsp3) is 0.226. The lowest BCUT2D eigenvalue weighted by molar-refractivity contribution is -0.116. The summed E-state index contributed by atoms with van der Waals surface area (Å²) in [5.74, 6) is -0.423. The first-order chi connectivity index (χ1) is 19.1. The highest BCUT2D eigenvalue weighted by Crippen LogP contribution is 2.48. The zero-order chi connectivity index (χ0) is 28.7. The maximum absolute atomic E-state index is 15.2. The Bertz CT molecular complexity index is 1660. The van der Waals surface area contributed by atoms with E-state index in [9.17, 15) is 10.1 Å². The van der Waals surface area contributed by atoms with E-state index in [2.05, 4.69) is 34.1 Å². The van der Waals surface area contributed by atoms with Crippen LogP contribution in [0.15, 0.2) is 80.6 Å². The van der Waals surface area contributed by atoms with Gasteiger partial charge in [-0.2, -0.15) is 5.26 Å². The first-order valence-electron chi connectivity index (χ1n) is 12.7. The molecule has 1 heterocycles. The van der Waals surface area contributed by atoms with E-state index in [1.807, 2.05) is 19.9 Å². The molecule has 0 amide bonds. The van der Waals surface area contributed by atoms with Crippen molar-refractivity contribution in [3.8, 4) is 6.07 Å². The number of aryl methyl sites for hydroxylation is 2. The number of nitrogens with two attached hydrogens (primary N) is 1. The molecule has 2 aliphatic rings. The van der Waals surface area contributed by atoms with Gasteiger partial charge in [0.05, 0.1) is 28.3 Å². The molecule has 4 nitrogen and oxygen atoms in total. The lowest BCUT2D eigenvalue weighted by Gasteiger charge is -2.40. The molecule has 0 bridgehead atoms. The number of anilines is 1. The van der Waals surface area contributed by atoms with Crippen molar-refractivity contribution in [1.82, 2.24) is 0 Å². The minimum absolute atomic E-state index is 0.0457. The molecule has 0 spiro atoms. The summed E-state index contributed by atoms with van der Waals surface area (Å²) in [7, 11) is 0. The van der Waals surface area contributed by atoms with Crippen molar-refractivity contribution in [2.24, 2.45) is 5.73 Å². The Balaban J connectivity index is 1.64. The zero-order valence-electron chi connectivity index (χ0n) is 21.8. The molecule has 1 unspecified atom stereocenters. The van der Waals surface area contributed by atoms with Crippen molar-refractivity contribution < 1.29 is 9.18 Å². The van der Waals surface area contributed by atoms with E-state index in [0.29, 0.717) is 50.8 Å². The number of thioether (sulfide) groups is 1. The number of nitrogens with zero attached hydrogens (tertiary/aromatic N) is 2. The zero-order valence-corrected chi connectivity index (χ0v) is 25.7. The van der Waals surface area contributed by atoms with Gasteiger partial charge < -0.3 is 5.73 Å². The third kappa shape index (κ3) is 5.31. The first kappa shape index (κ1) is 28.8. The molecule has 9 heteroatoms. The van der Waals surface area contributed by atoms with E-state index < -0.39 is 11.7 Å². The Hall–Kier alpha value is -2.76. The van der Waals surface area contributed by atoms with Crippen molar-refractivity contribution in [3.63, 3.8) is 0 Å². The molecule has 0 aromatic heterocycles. The molecule has 0 saturated carbocycles. The van der Waals surface area contributed by atoms with Gasteiger partial charge in [-0.05, 0) is 85.3 Å². The van der Waals surface area contributed by atoms with Gasteiger partial charge in [0.25, 0.3) is 0 Å². The second-order valence-electron chi connectivity index (χ2n) is 9.91. The molecule has 0 radical (unpaired) electrons. The maximum Gasteiger partial charge on any atom is 0.161 e. The fourth-order valence-corrected chi connectivity index (χ4v) is 7.35. The third-order valence-corrected chi connectivity index (χ3v) is 9.65. The Kier molecular flexibility index (Phi) is 8.35. The van der Waals surface area contributed by atoms with Crippen LogP contribution >= 0.6 is 50.9 Å². The van der Waals surface area contributed by atoms with Crippen LogP contribution < -0.4 is 10.6 Å². The fourth-order valence-electron chi connectivity index (χ4n) is 5.46. The molecule has 1 aliphatic carbocycles. The average Bonchev–Trinajstić information content (AvgIpc) is 2.90. The van der Waals surface area contributed by atoms with E-state index in [1.165, 1.54) is 6.07 Å². The van der Waals surface area contributed by atoms with Gasteiger partial charge in [0.1, 0.15) is 11.6 Å². The van der Waals surface area contributed by atoms with Crippen LogP contribution in [-0.2, 0) is 10.5 Å². The second kappa shape index (κ2) is 11.6. The lowest BCUT2D eigenvalue weighted by atomic mass is 9.74. The quantitative estimate of drug-likeness (QED) is 0.277. The number of rotatable bonds is 5. The van der Waals surface area contributed by atoms with Gasteiger partial charge in [-0.3, -0.25) is 9.69 Å². The predicted molar refractivity (Wildman–Crippen MR) is 164 cm³/mol. The highest BCUT2D eigenvalue weighted by atomic mass is 79.9. The van der Waals surface area contributed by atoms with Crippen LogP contribution in [0.2, 0.25) is 10.0 Å².